The van der Waals surface area contributed by atoms with Crippen LogP contribution in [-0.2, 0) is 14.8 Å². The van der Waals surface area contributed by atoms with Crippen molar-refractivity contribution >= 4 is 38.4 Å². The maximum Gasteiger partial charge on any atom is 0.490 e. The summed E-state index contributed by atoms with van der Waals surface area (Å²) in [5.41, 5.74) is 1.13. The van der Waals surface area contributed by atoms with Crippen LogP contribution in [0.1, 0.15) is 0 Å². The number of carbonyl (C=O) groups is 1. The third kappa shape index (κ3) is 8.24. The molecule has 11 nitrogen and oxygen atoms in total. The second-order valence-corrected chi connectivity index (χ2v) is 10.8. The van der Waals surface area contributed by atoms with Gasteiger partial charge < -0.3 is 20.1 Å². The van der Waals surface area contributed by atoms with Gasteiger partial charge in [-0.15, -0.1) is 0 Å². The van der Waals surface area contributed by atoms with Crippen LogP contribution >= 0.6 is 0 Å². The number of benzene rings is 2. The highest BCUT2D eigenvalue weighted by atomic mass is 32.2. The van der Waals surface area contributed by atoms with E-state index in [2.05, 4.69) is 29.9 Å². The lowest BCUT2D eigenvalue weighted by Gasteiger charge is -2.29. The zero-order valence-corrected chi connectivity index (χ0v) is 23.3. The molecule has 4 aromatic rings. The number of hydrogen-bond donors (Lipinski definition) is 3. The molecule has 240 valence electrons. The zero-order chi connectivity index (χ0) is 32.9. The Labute approximate surface area is 249 Å². The molecule has 0 unspecified atom stereocenters. The fraction of sp³-hybridized carbons (Fsp3) is 0.231. The SMILES string of the molecule is O=C(O)C(F)(F)F.O=S(=O)(Nc1cc(-c2ccc3ncnc(N4CCNCC4)c3c2)cnc1OC(F)F)c1ccc(F)cc1F. The molecule has 19 heteroatoms. The van der Waals surface area contributed by atoms with Crippen molar-refractivity contribution in [2.75, 3.05) is 35.8 Å². The van der Waals surface area contributed by atoms with E-state index in [4.69, 9.17) is 9.90 Å². The number of nitrogens with one attached hydrogen (secondary N) is 2. The number of piperazine rings is 1. The van der Waals surface area contributed by atoms with E-state index >= 15 is 0 Å². The summed E-state index contributed by atoms with van der Waals surface area (Å²) >= 11 is 0. The van der Waals surface area contributed by atoms with Crippen LogP contribution in [-0.4, -0.2) is 73.4 Å². The van der Waals surface area contributed by atoms with E-state index in [1.54, 1.807) is 18.2 Å². The molecule has 1 saturated heterocycles. The van der Waals surface area contributed by atoms with Crippen molar-refractivity contribution in [3.05, 3.63) is 66.6 Å². The summed E-state index contributed by atoms with van der Waals surface area (Å²) < 4.78 is 117. The number of hydrogen-bond acceptors (Lipinski definition) is 9. The molecule has 3 N–H and O–H groups in total. The maximum absolute atomic E-state index is 14.2. The van der Waals surface area contributed by atoms with Gasteiger partial charge in [-0.05, 0) is 35.9 Å². The number of pyridine rings is 1. The molecule has 1 fully saturated rings. The lowest BCUT2D eigenvalue weighted by molar-refractivity contribution is -0.192. The Bertz CT molecular complexity index is 1810. The van der Waals surface area contributed by atoms with Crippen LogP contribution in [0.15, 0.2) is 59.9 Å². The van der Waals surface area contributed by atoms with Gasteiger partial charge in [0.05, 0.1) is 5.52 Å². The third-order valence-electron chi connectivity index (χ3n) is 6.09. The Hall–Kier alpha value is -4.78. The van der Waals surface area contributed by atoms with E-state index in [9.17, 15) is 39.2 Å². The molecule has 0 spiro atoms. The fourth-order valence-corrected chi connectivity index (χ4v) is 5.21. The summed E-state index contributed by atoms with van der Waals surface area (Å²) in [6, 6.07) is 8.36. The fourth-order valence-electron chi connectivity index (χ4n) is 4.11. The van der Waals surface area contributed by atoms with E-state index in [-0.39, 0.29) is 0 Å². The average molecular weight is 663 g/mol. The Morgan fingerprint density at radius 2 is 1.69 bits per heavy atom. The number of alkyl halides is 5. The minimum Gasteiger partial charge on any atom is -0.475 e. The smallest absolute Gasteiger partial charge is 0.475 e. The Balaban J connectivity index is 0.000000591. The summed E-state index contributed by atoms with van der Waals surface area (Å²) in [5, 5.41) is 11.1. The lowest BCUT2D eigenvalue weighted by Crippen LogP contribution is -2.44. The first-order valence-electron chi connectivity index (χ1n) is 12.6. The van der Waals surface area contributed by atoms with Gasteiger partial charge in [0.2, 0.25) is 5.88 Å². The lowest BCUT2D eigenvalue weighted by atomic mass is 10.0. The number of fused-ring (bicyclic) bond motifs is 1. The van der Waals surface area contributed by atoms with Crippen molar-refractivity contribution in [3.63, 3.8) is 0 Å². The molecular weight excluding hydrogens is 641 g/mol. The number of carboxylic acid groups (broad SMARTS) is 1. The highest BCUT2D eigenvalue weighted by Gasteiger charge is 2.38. The molecular formula is C26H21F7N6O5S. The molecule has 3 heterocycles. The number of nitrogens with zero attached hydrogens (tertiary/aromatic N) is 4. The van der Waals surface area contributed by atoms with Gasteiger partial charge in [0, 0.05) is 49.4 Å². The normalized spacial score (nSPS) is 13.7. The van der Waals surface area contributed by atoms with Crippen molar-refractivity contribution < 1.29 is 53.8 Å². The number of aromatic nitrogens is 3. The van der Waals surface area contributed by atoms with Crippen LogP contribution in [0.5, 0.6) is 5.88 Å². The highest BCUT2D eigenvalue weighted by molar-refractivity contribution is 7.92. The molecule has 5 rings (SSSR count). The zero-order valence-electron chi connectivity index (χ0n) is 22.5. The number of anilines is 2. The Morgan fingerprint density at radius 1 is 1.00 bits per heavy atom. The van der Waals surface area contributed by atoms with Crippen LogP contribution in [0.4, 0.5) is 42.2 Å². The molecule has 45 heavy (non-hydrogen) atoms. The topological polar surface area (TPSA) is 147 Å². The predicted molar refractivity (Wildman–Crippen MR) is 145 cm³/mol. The van der Waals surface area contributed by atoms with Crippen LogP contribution in [0.2, 0.25) is 0 Å². The largest absolute Gasteiger partial charge is 0.490 e. The molecule has 0 aliphatic carbocycles. The first-order valence-corrected chi connectivity index (χ1v) is 14.1. The van der Waals surface area contributed by atoms with Crippen molar-refractivity contribution in [1.82, 2.24) is 20.3 Å². The van der Waals surface area contributed by atoms with Crippen molar-refractivity contribution in [1.29, 1.82) is 0 Å². The van der Waals surface area contributed by atoms with Gasteiger partial charge in [0.15, 0.2) is 0 Å². The monoisotopic (exact) mass is 662 g/mol. The summed E-state index contributed by atoms with van der Waals surface area (Å²) in [4.78, 5) is 22.7. The first-order chi connectivity index (χ1) is 21.2. The van der Waals surface area contributed by atoms with Gasteiger partial charge in [-0.1, -0.05) is 6.07 Å². The van der Waals surface area contributed by atoms with Crippen molar-refractivity contribution in [2.24, 2.45) is 0 Å². The number of halogens is 7. The first kappa shape index (κ1) is 33.1. The summed E-state index contributed by atoms with van der Waals surface area (Å²) in [6.07, 6.45) is -2.37. The van der Waals surface area contributed by atoms with Gasteiger partial charge in [-0.25, -0.2) is 36.9 Å². The number of carboxylic acids is 1. The standard InChI is InChI=1S/C24H20F4N6O3S.C2HF3O2/c25-16-2-4-21(18(26)11-16)38(35,36)33-20-10-15(12-30-23(20)37-24(27)28)14-1-3-19-17(9-14)22(32-13-31-19)34-7-5-29-6-8-34;3-2(4,5)1(6)7/h1-4,9-13,24,29,33H,5-8H2;(H,6,7). The van der Waals surface area contributed by atoms with Crippen LogP contribution in [0, 0.1) is 11.6 Å². The summed E-state index contributed by atoms with van der Waals surface area (Å²) in [7, 11) is -4.66. The van der Waals surface area contributed by atoms with Gasteiger partial charge in [-0.2, -0.15) is 22.0 Å². The van der Waals surface area contributed by atoms with E-state index in [1.165, 1.54) is 18.6 Å². The second kappa shape index (κ2) is 13.5. The van der Waals surface area contributed by atoms with Crippen molar-refractivity contribution in [2.45, 2.75) is 17.7 Å². The number of rotatable bonds is 7. The third-order valence-corrected chi connectivity index (χ3v) is 7.49. The molecule has 2 aromatic carbocycles. The van der Waals surface area contributed by atoms with Gasteiger partial charge >= 0.3 is 18.8 Å². The minimum absolute atomic E-state index is 0.348. The van der Waals surface area contributed by atoms with E-state index in [0.717, 1.165) is 49.5 Å². The van der Waals surface area contributed by atoms with Crippen LogP contribution in [0.3, 0.4) is 0 Å². The summed E-state index contributed by atoms with van der Waals surface area (Å²) in [6.45, 7) is -0.247. The van der Waals surface area contributed by atoms with Crippen LogP contribution in [0.25, 0.3) is 22.0 Å². The Kier molecular flexibility index (Phi) is 9.91. The minimum atomic E-state index is -5.08. The molecule has 0 radical (unpaired) electrons. The van der Waals surface area contributed by atoms with E-state index in [1.807, 2.05) is 4.72 Å². The molecule has 0 amide bonds. The number of sulfonamides is 1. The predicted octanol–water partition coefficient (Wildman–Crippen LogP) is 4.42. The number of aliphatic carboxylic acids is 1. The van der Waals surface area contributed by atoms with Gasteiger partial charge in [0.25, 0.3) is 10.0 Å². The second-order valence-electron chi connectivity index (χ2n) is 9.10. The number of ether oxygens (including phenoxy) is 1. The summed E-state index contributed by atoms with van der Waals surface area (Å²) in [5.74, 6) is -5.09. The van der Waals surface area contributed by atoms with E-state index < -0.39 is 56.9 Å². The van der Waals surface area contributed by atoms with Crippen molar-refractivity contribution in [3.8, 4) is 17.0 Å². The quantitative estimate of drug-likeness (QED) is 0.243. The van der Waals surface area contributed by atoms with E-state index in [0.29, 0.717) is 22.7 Å². The molecule has 0 bridgehead atoms. The molecule has 0 atom stereocenters. The average Bonchev–Trinajstić information content (AvgIpc) is 2.97. The highest BCUT2D eigenvalue weighted by Crippen LogP contribution is 2.34. The molecule has 0 saturated carbocycles. The Morgan fingerprint density at radius 3 is 2.31 bits per heavy atom. The maximum atomic E-state index is 14.2. The van der Waals surface area contributed by atoms with Crippen LogP contribution < -0.4 is 19.7 Å². The molecule has 2 aromatic heterocycles. The molecule has 1 aliphatic rings. The van der Waals surface area contributed by atoms with Gasteiger partial charge in [0.1, 0.15) is 34.4 Å². The van der Waals surface area contributed by atoms with Gasteiger partial charge in [-0.3, -0.25) is 4.72 Å². The molecule has 1 aliphatic heterocycles.